The summed E-state index contributed by atoms with van der Waals surface area (Å²) >= 11 is 0. The van der Waals surface area contributed by atoms with Gasteiger partial charge in [-0.15, -0.1) is 0 Å². The van der Waals surface area contributed by atoms with Crippen LogP contribution in [0.15, 0.2) is 0 Å². The Balaban J connectivity index is 1.90. The molecular weight excluding hydrogens is 238 g/mol. The van der Waals surface area contributed by atoms with Crippen molar-refractivity contribution in [3.05, 3.63) is 0 Å². The van der Waals surface area contributed by atoms with Gasteiger partial charge < -0.3 is 10.1 Å². The Bertz CT molecular complexity index is 285. The second-order valence-electron chi connectivity index (χ2n) is 7.46. The monoisotopic (exact) mass is 269 g/mol. The standard InChI is InChI=1S/C15H31N3O/c1-14(2)11-16-12-15(3,4)18(13-14)6-5-17-7-9-19-10-8-17/h16H,5-13H2,1-4H3. The Hall–Kier alpha value is -0.160. The van der Waals surface area contributed by atoms with Gasteiger partial charge in [0.05, 0.1) is 13.2 Å². The van der Waals surface area contributed by atoms with Gasteiger partial charge in [0.2, 0.25) is 0 Å². The Morgan fingerprint density at radius 3 is 2.37 bits per heavy atom. The molecule has 0 spiro atoms. The summed E-state index contributed by atoms with van der Waals surface area (Å²) < 4.78 is 5.42. The van der Waals surface area contributed by atoms with Crippen LogP contribution in [0.3, 0.4) is 0 Å². The molecule has 2 saturated heterocycles. The van der Waals surface area contributed by atoms with Gasteiger partial charge in [0.25, 0.3) is 0 Å². The van der Waals surface area contributed by atoms with E-state index in [-0.39, 0.29) is 5.54 Å². The van der Waals surface area contributed by atoms with Gasteiger partial charge in [-0.05, 0) is 19.3 Å². The fourth-order valence-corrected chi connectivity index (χ4v) is 3.07. The molecule has 0 aromatic rings. The van der Waals surface area contributed by atoms with Crippen molar-refractivity contribution in [2.45, 2.75) is 33.2 Å². The summed E-state index contributed by atoms with van der Waals surface area (Å²) in [5.41, 5.74) is 0.610. The summed E-state index contributed by atoms with van der Waals surface area (Å²) in [5, 5.41) is 3.62. The molecule has 2 aliphatic rings. The summed E-state index contributed by atoms with van der Waals surface area (Å²) in [6.45, 7) is 19.1. The van der Waals surface area contributed by atoms with Crippen molar-refractivity contribution >= 4 is 0 Å². The van der Waals surface area contributed by atoms with Gasteiger partial charge in [0.1, 0.15) is 0 Å². The van der Waals surface area contributed by atoms with Crippen LogP contribution in [0.4, 0.5) is 0 Å². The van der Waals surface area contributed by atoms with Gasteiger partial charge in [0.15, 0.2) is 0 Å². The quantitative estimate of drug-likeness (QED) is 0.828. The first-order valence-corrected chi connectivity index (χ1v) is 7.65. The van der Waals surface area contributed by atoms with Crippen LogP contribution in [0, 0.1) is 5.41 Å². The van der Waals surface area contributed by atoms with Crippen LogP contribution in [0.5, 0.6) is 0 Å². The fraction of sp³-hybridized carbons (Fsp3) is 1.00. The number of hydrogen-bond acceptors (Lipinski definition) is 4. The zero-order valence-electron chi connectivity index (χ0n) is 13.2. The SMILES string of the molecule is CC1(C)CNCC(C)(C)N(CCN2CCOCC2)C1. The topological polar surface area (TPSA) is 27.7 Å². The van der Waals surface area contributed by atoms with Crippen LogP contribution < -0.4 is 5.32 Å². The molecule has 0 unspecified atom stereocenters. The number of hydrogen-bond donors (Lipinski definition) is 1. The highest BCUT2D eigenvalue weighted by molar-refractivity contribution is 4.92. The van der Waals surface area contributed by atoms with Crippen molar-refractivity contribution in [3.8, 4) is 0 Å². The summed E-state index contributed by atoms with van der Waals surface area (Å²) in [6.07, 6.45) is 0. The van der Waals surface area contributed by atoms with Crippen LogP contribution in [-0.4, -0.2) is 74.4 Å². The first kappa shape index (κ1) is 15.2. The molecule has 0 radical (unpaired) electrons. The third-order valence-corrected chi connectivity index (χ3v) is 4.43. The van der Waals surface area contributed by atoms with Crippen molar-refractivity contribution < 1.29 is 4.74 Å². The van der Waals surface area contributed by atoms with E-state index in [0.717, 1.165) is 45.9 Å². The van der Waals surface area contributed by atoms with Crippen molar-refractivity contribution in [1.82, 2.24) is 15.1 Å². The molecule has 0 aromatic carbocycles. The van der Waals surface area contributed by atoms with Gasteiger partial charge in [-0.25, -0.2) is 0 Å². The van der Waals surface area contributed by atoms with Crippen molar-refractivity contribution in [3.63, 3.8) is 0 Å². The molecule has 0 saturated carbocycles. The lowest BCUT2D eigenvalue weighted by molar-refractivity contribution is 0.0226. The predicted octanol–water partition coefficient (Wildman–Crippen LogP) is 1.03. The maximum atomic E-state index is 5.42. The first-order valence-electron chi connectivity index (χ1n) is 7.65. The lowest BCUT2D eigenvalue weighted by Gasteiger charge is -2.41. The molecule has 2 heterocycles. The molecule has 2 aliphatic heterocycles. The summed E-state index contributed by atoms with van der Waals surface area (Å²) in [7, 11) is 0. The zero-order chi connectivity index (χ0) is 13.9. The fourth-order valence-electron chi connectivity index (χ4n) is 3.07. The Morgan fingerprint density at radius 1 is 1.00 bits per heavy atom. The van der Waals surface area contributed by atoms with E-state index < -0.39 is 0 Å². The minimum absolute atomic E-state index is 0.250. The minimum Gasteiger partial charge on any atom is -0.379 e. The van der Waals surface area contributed by atoms with Gasteiger partial charge in [0, 0.05) is 51.4 Å². The molecule has 0 aliphatic carbocycles. The van der Waals surface area contributed by atoms with E-state index in [9.17, 15) is 0 Å². The molecule has 0 amide bonds. The van der Waals surface area contributed by atoms with Gasteiger partial charge >= 0.3 is 0 Å². The number of ether oxygens (including phenoxy) is 1. The van der Waals surface area contributed by atoms with E-state index in [0.29, 0.717) is 5.41 Å². The predicted molar refractivity (Wildman–Crippen MR) is 79.6 cm³/mol. The molecule has 0 aromatic heterocycles. The second kappa shape index (κ2) is 6.08. The maximum absolute atomic E-state index is 5.42. The summed E-state index contributed by atoms with van der Waals surface area (Å²) in [5.74, 6) is 0. The molecular formula is C15H31N3O. The lowest BCUT2D eigenvalue weighted by Crippen LogP contribution is -2.52. The smallest absolute Gasteiger partial charge is 0.0594 e. The average Bonchev–Trinajstić information content (AvgIpc) is 2.44. The zero-order valence-corrected chi connectivity index (χ0v) is 13.2. The molecule has 4 nitrogen and oxygen atoms in total. The van der Waals surface area contributed by atoms with Gasteiger partial charge in [-0.3, -0.25) is 9.80 Å². The molecule has 112 valence electrons. The number of rotatable bonds is 3. The summed E-state index contributed by atoms with van der Waals surface area (Å²) in [6, 6.07) is 0. The van der Waals surface area contributed by atoms with Crippen molar-refractivity contribution in [2.75, 3.05) is 59.0 Å². The lowest BCUT2D eigenvalue weighted by atomic mass is 9.92. The van der Waals surface area contributed by atoms with Crippen LogP contribution in [0.25, 0.3) is 0 Å². The highest BCUT2D eigenvalue weighted by Crippen LogP contribution is 2.25. The van der Waals surface area contributed by atoms with Crippen LogP contribution >= 0.6 is 0 Å². The van der Waals surface area contributed by atoms with E-state index in [2.05, 4.69) is 42.8 Å². The number of nitrogens with one attached hydrogen (secondary N) is 1. The molecule has 1 N–H and O–H groups in total. The maximum Gasteiger partial charge on any atom is 0.0594 e. The average molecular weight is 269 g/mol. The van der Waals surface area contributed by atoms with Crippen molar-refractivity contribution in [2.24, 2.45) is 5.41 Å². The Kier molecular flexibility index (Phi) is 4.88. The van der Waals surface area contributed by atoms with Gasteiger partial charge in [-0.1, -0.05) is 13.8 Å². The molecule has 0 bridgehead atoms. The normalized spacial score (nSPS) is 29.1. The van der Waals surface area contributed by atoms with E-state index in [4.69, 9.17) is 4.74 Å². The Labute approximate surface area is 118 Å². The third kappa shape index (κ3) is 4.42. The van der Waals surface area contributed by atoms with E-state index in [1.807, 2.05) is 0 Å². The van der Waals surface area contributed by atoms with Crippen LogP contribution in [-0.2, 0) is 4.74 Å². The molecule has 4 heteroatoms. The second-order valence-corrected chi connectivity index (χ2v) is 7.46. The molecule has 2 fully saturated rings. The molecule has 0 atom stereocenters. The number of nitrogens with zero attached hydrogens (tertiary/aromatic N) is 2. The van der Waals surface area contributed by atoms with E-state index >= 15 is 0 Å². The van der Waals surface area contributed by atoms with Crippen molar-refractivity contribution in [1.29, 1.82) is 0 Å². The van der Waals surface area contributed by atoms with Crippen LogP contribution in [0.1, 0.15) is 27.7 Å². The highest BCUT2D eigenvalue weighted by atomic mass is 16.5. The van der Waals surface area contributed by atoms with E-state index in [1.54, 1.807) is 0 Å². The highest BCUT2D eigenvalue weighted by Gasteiger charge is 2.34. The van der Waals surface area contributed by atoms with Crippen LogP contribution in [0.2, 0.25) is 0 Å². The minimum atomic E-state index is 0.250. The van der Waals surface area contributed by atoms with E-state index in [1.165, 1.54) is 13.1 Å². The Morgan fingerprint density at radius 2 is 1.68 bits per heavy atom. The largest absolute Gasteiger partial charge is 0.379 e. The van der Waals surface area contributed by atoms with Gasteiger partial charge in [-0.2, -0.15) is 0 Å². The summed E-state index contributed by atoms with van der Waals surface area (Å²) in [4.78, 5) is 5.20. The number of morpholine rings is 1. The third-order valence-electron chi connectivity index (χ3n) is 4.43. The first-order chi connectivity index (χ1) is 8.89. The molecule has 19 heavy (non-hydrogen) atoms. The molecule has 2 rings (SSSR count).